The molecule has 1 aromatic carbocycles. The molecule has 0 aromatic heterocycles. The summed E-state index contributed by atoms with van der Waals surface area (Å²) in [5, 5.41) is -0.0288. The van der Waals surface area contributed by atoms with Crippen LogP contribution in [-0.4, -0.2) is 29.3 Å². The molecule has 1 saturated heterocycles. The van der Waals surface area contributed by atoms with Gasteiger partial charge >= 0.3 is 0 Å². The highest BCUT2D eigenvalue weighted by molar-refractivity contribution is 6.31. The van der Waals surface area contributed by atoms with E-state index in [9.17, 15) is 9.18 Å². The van der Waals surface area contributed by atoms with E-state index < -0.39 is 5.82 Å². The van der Waals surface area contributed by atoms with Gasteiger partial charge in [0.25, 0.3) is 5.91 Å². The minimum absolute atomic E-state index is 0.00335. The number of carbonyl (C=O) groups is 1. The second-order valence-corrected chi connectivity index (χ2v) is 5.14. The minimum Gasteiger partial charge on any atom is -0.337 e. The second kappa shape index (κ2) is 5.23. The van der Waals surface area contributed by atoms with Crippen LogP contribution < -0.4 is 0 Å². The lowest BCUT2D eigenvalue weighted by atomic mass is 10.1. The Balaban J connectivity index is 2.15. The van der Waals surface area contributed by atoms with E-state index in [1.54, 1.807) is 4.90 Å². The monoisotopic (exact) mass is 275 g/mol. The van der Waals surface area contributed by atoms with Crippen LogP contribution in [0.5, 0.6) is 0 Å². The van der Waals surface area contributed by atoms with Crippen LogP contribution in [0.4, 0.5) is 4.39 Å². The summed E-state index contributed by atoms with van der Waals surface area (Å²) in [6.45, 7) is 1.23. The number of alkyl halides is 1. The van der Waals surface area contributed by atoms with Crippen LogP contribution in [0.2, 0.25) is 5.02 Å². The van der Waals surface area contributed by atoms with Crippen LogP contribution >= 0.6 is 23.2 Å². The summed E-state index contributed by atoms with van der Waals surface area (Å²) in [6, 6.07) is 4.01. The van der Waals surface area contributed by atoms with Crippen LogP contribution in [0.1, 0.15) is 23.2 Å². The third-order valence-corrected chi connectivity index (χ3v) is 3.46. The molecule has 1 aliphatic rings. The lowest BCUT2D eigenvalue weighted by molar-refractivity contribution is 0.0727. The van der Waals surface area contributed by atoms with E-state index in [0.717, 1.165) is 12.8 Å². The zero-order valence-corrected chi connectivity index (χ0v) is 10.6. The van der Waals surface area contributed by atoms with Crippen LogP contribution in [0, 0.1) is 5.82 Å². The summed E-state index contributed by atoms with van der Waals surface area (Å²) in [7, 11) is 0. The number of amides is 1. The Morgan fingerprint density at radius 1 is 1.47 bits per heavy atom. The molecule has 1 fully saturated rings. The molecule has 1 aromatic rings. The first-order valence-electron chi connectivity index (χ1n) is 5.46. The Labute approximate surface area is 109 Å². The maximum absolute atomic E-state index is 13.0. The van der Waals surface area contributed by atoms with E-state index in [-0.39, 0.29) is 16.3 Å². The van der Waals surface area contributed by atoms with Gasteiger partial charge in [-0.3, -0.25) is 4.79 Å². The fourth-order valence-corrected chi connectivity index (χ4v) is 2.42. The fraction of sp³-hybridized carbons (Fsp3) is 0.417. The lowest BCUT2D eigenvalue weighted by Gasteiger charge is -2.29. The molecule has 2 nitrogen and oxygen atoms in total. The van der Waals surface area contributed by atoms with Gasteiger partial charge in [-0.2, -0.15) is 0 Å². The summed E-state index contributed by atoms with van der Waals surface area (Å²) in [5.41, 5.74) is 0.405. The van der Waals surface area contributed by atoms with Crippen molar-refractivity contribution in [1.29, 1.82) is 0 Å². The van der Waals surface area contributed by atoms with Crippen molar-refractivity contribution in [3.8, 4) is 0 Å². The molecule has 1 aliphatic heterocycles. The third-order valence-electron chi connectivity index (χ3n) is 2.82. The molecule has 17 heavy (non-hydrogen) atoms. The number of nitrogens with zero attached hydrogens (tertiary/aromatic N) is 1. The average Bonchev–Trinajstić information content (AvgIpc) is 2.32. The summed E-state index contributed by atoms with van der Waals surface area (Å²) >= 11 is 11.7. The van der Waals surface area contributed by atoms with Crippen LogP contribution in [-0.2, 0) is 0 Å². The highest BCUT2D eigenvalue weighted by atomic mass is 35.5. The van der Waals surface area contributed by atoms with E-state index in [0.29, 0.717) is 18.7 Å². The first kappa shape index (κ1) is 12.7. The second-order valence-electron chi connectivity index (χ2n) is 4.12. The summed E-state index contributed by atoms with van der Waals surface area (Å²) < 4.78 is 13.0. The normalized spacial score (nSPS) is 20.4. The maximum Gasteiger partial charge on any atom is 0.253 e. The number of hydrogen-bond donors (Lipinski definition) is 0. The van der Waals surface area contributed by atoms with Crippen molar-refractivity contribution < 1.29 is 9.18 Å². The van der Waals surface area contributed by atoms with Gasteiger partial charge in [-0.15, -0.1) is 11.6 Å². The molecule has 5 heteroatoms. The first-order chi connectivity index (χ1) is 8.08. The summed E-state index contributed by atoms with van der Waals surface area (Å²) in [5.74, 6) is -0.658. The maximum atomic E-state index is 13.0. The quantitative estimate of drug-likeness (QED) is 0.720. The molecular weight excluding hydrogens is 264 g/mol. The van der Waals surface area contributed by atoms with Gasteiger partial charge in [0.05, 0.1) is 10.4 Å². The van der Waals surface area contributed by atoms with E-state index in [4.69, 9.17) is 23.2 Å². The molecule has 0 aliphatic carbocycles. The number of piperidine rings is 1. The van der Waals surface area contributed by atoms with Gasteiger partial charge in [0.2, 0.25) is 0 Å². The highest BCUT2D eigenvalue weighted by Crippen LogP contribution is 2.20. The van der Waals surface area contributed by atoms with E-state index in [2.05, 4.69) is 0 Å². The predicted octanol–water partition coefficient (Wildman–Crippen LogP) is 3.32. The Kier molecular flexibility index (Phi) is 3.89. The third kappa shape index (κ3) is 2.90. The van der Waals surface area contributed by atoms with Crippen LogP contribution in [0.25, 0.3) is 0 Å². The number of halogens is 3. The number of benzene rings is 1. The topological polar surface area (TPSA) is 20.3 Å². The van der Waals surface area contributed by atoms with Gasteiger partial charge in [0.1, 0.15) is 5.82 Å². The molecule has 92 valence electrons. The molecule has 0 N–H and O–H groups in total. The van der Waals surface area contributed by atoms with Crippen molar-refractivity contribution in [2.24, 2.45) is 0 Å². The Morgan fingerprint density at radius 2 is 2.24 bits per heavy atom. The zero-order chi connectivity index (χ0) is 12.4. The van der Waals surface area contributed by atoms with Crippen LogP contribution in [0.3, 0.4) is 0 Å². The van der Waals surface area contributed by atoms with Gasteiger partial charge in [-0.25, -0.2) is 4.39 Å². The fourth-order valence-electron chi connectivity index (χ4n) is 1.92. The van der Waals surface area contributed by atoms with Gasteiger partial charge in [-0.1, -0.05) is 11.6 Å². The molecule has 0 saturated carbocycles. The van der Waals surface area contributed by atoms with Crippen molar-refractivity contribution in [2.45, 2.75) is 18.2 Å². The molecule has 1 heterocycles. The Bertz CT molecular complexity index is 439. The smallest absolute Gasteiger partial charge is 0.253 e. The molecule has 0 radical (unpaired) electrons. The Morgan fingerprint density at radius 3 is 2.88 bits per heavy atom. The van der Waals surface area contributed by atoms with E-state index in [1.807, 2.05) is 0 Å². The molecule has 1 unspecified atom stereocenters. The first-order valence-corrected chi connectivity index (χ1v) is 6.28. The van der Waals surface area contributed by atoms with Crippen molar-refractivity contribution in [3.63, 3.8) is 0 Å². The molecule has 2 rings (SSSR count). The number of likely N-dealkylation sites (tertiary alicyclic amines) is 1. The van der Waals surface area contributed by atoms with Crippen LogP contribution in [0.15, 0.2) is 18.2 Å². The number of rotatable bonds is 1. The van der Waals surface area contributed by atoms with Gasteiger partial charge in [0.15, 0.2) is 0 Å². The standard InChI is InChI=1S/C12H12Cl2FNO/c13-9-2-1-5-16(7-9)12(17)8-3-4-11(15)10(14)6-8/h3-4,6,9H,1-2,5,7H2. The molecule has 0 spiro atoms. The van der Waals surface area contributed by atoms with Crippen molar-refractivity contribution in [1.82, 2.24) is 4.90 Å². The van der Waals surface area contributed by atoms with Gasteiger partial charge < -0.3 is 4.90 Å². The highest BCUT2D eigenvalue weighted by Gasteiger charge is 2.23. The zero-order valence-electron chi connectivity index (χ0n) is 9.13. The van der Waals surface area contributed by atoms with Gasteiger partial charge in [0, 0.05) is 18.7 Å². The molecular formula is C12H12Cl2FNO. The van der Waals surface area contributed by atoms with E-state index >= 15 is 0 Å². The molecule has 1 atom stereocenters. The predicted molar refractivity (Wildman–Crippen MR) is 66.2 cm³/mol. The lowest BCUT2D eigenvalue weighted by Crippen LogP contribution is -2.40. The summed E-state index contributed by atoms with van der Waals surface area (Å²) in [4.78, 5) is 13.8. The average molecular weight is 276 g/mol. The summed E-state index contributed by atoms with van der Waals surface area (Å²) in [6.07, 6.45) is 1.82. The van der Waals surface area contributed by atoms with Crippen molar-refractivity contribution in [3.05, 3.63) is 34.6 Å². The SMILES string of the molecule is O=C(c1ccc(F)c(Cl)c1)N1CCCC(Cl)C1. The number of carbonyl (C=O) groups excluding carboxylic acids is 1. The van der Waals surface area contributed by atoms with Crippen molar-refractivity contribution >= 4 is 29.1 Å². The molecule has 1 amide bonds. The van der Waals surface area contributed by atoms with Crippen molar-refractivity contribution in [2.75, 3.05) is 13.1 Å². The number of hydrogen-bond acceptors (Lipinski definition) is 1. The minimum atomic E-state index is -0.517. The van der Waals surface area contributed by atoms with Gasteiger partial charge in [-0.05, 0) is 31.0 Å². The largest absolute Gasteiger partial charge is 0.337 e. The van der Waals surface area contributed by atoms with E-state index in [1.165, 1.54) is 18.2 Å². The Hall–Kier alpha value is -0.800. The molecule has 0 bridgehead atoms.